The third kappa shape index (κ3) is 3.52. The number of rotatable bonds is 5. The molecule has 0 amide bonds. The largest absolute Gasteiger partial charge is 0.489 e. The summed E-state index contributed by atoms with van der Waals surface area (Å²) in [4.78, 5) is 0. The summed E-state index contributed by atoms with van der Waals surface area (Å²) in [5.41, 5.74) is 7.49. The highest BCUT2D eigenvalue weighted by atomic mass is 16.5. The molecule has 0 saturated heterocycles. The number of benzene rings is 2. The van der Waals surface area contributed by atoms with E-state index in [1.54, 1.807) is 12.1 Å². The number of ether oxygens (including phenoxy) is 1. The molecule has 0 unspecified atom stereocenters. The molecule has 3 aromatic rings. The molecular weight excluding hydrogens is 292 g/mol. The third-order valence-corrected chi connectivity index (χ3v) is 3.35. The van der Waals surface area contributed by atoms with E-state index >= 15 is 0 Å². The van der Waals surface area contributed by atoms with Crippen molar-refractivity contribution in [3.63, 3.8) is 0 Å². The van der Waals surface area contributed by atoms with Crippen molar-refractivity contribution in [3.05, 3.63) is 78.1 Å². The number of nitrogens with two attached hydrogens (primary N) is 1. The van der Waals surface area contributed by atoms with Crippen molar-refractivity contribution in [2.45, 2.75) is 6.61 Å². The van der Waals surface area contributed by atoms with Gasteiger partial charge in [-0.15, -0.1) is 0 Å². The van der Waals surface area contributed by atoms with E-state index in [1.807, 2.05) is 54.6 Å². The molecule has 5 heteroatoms. The molecule has 0 atom stereocenters. The van der Waals surface area contributed by atoms with Crippen LogP contribution in [-0.2, 0) is 6.61 Å². The van der Waals surface area contributed by atoms with E-state index in [0.717, 1.165) is 16.9 Å². The highest BCUT2D eigenvalue weighted by molar-refractivity contribution is 5.94. The van der Waals surface area contributed by atoms with Crippen LogP contribution in [0.25, 0.3) is 11.3 Å². The maximum atomic E-state index is 8.64. The number of amidine groups is 1. The maximum Gasteiger partial charge on any atom is 0.205 e. The van der Waals surface area contributed by atoms with Gasteiger partial charge < -0.3 is 20.1 Å². The first kappa shape index (κ1) is 14.7. The molecule has 0 aliphatic rings. The highest BCUT2D eigenvalue weighted by Crippen LogP contribution is 2.25. The monoisotopic (exact) mass is 308 g/mol. The van der Waals surface area contributed by atoms with Crippen LogP contribution in [0.3, 0.4) is 0 Å². The van der Waals surface area contributed by atoms with E-state index in [4.69, 9.17) is 20.1 Å². The summed E-state index contributed by atoms with van der Waals surface area (Å²) in [5.74, 6) is 1.69. The Balaban J connectivity index is 1.68. The van der Waals surface area contributed by atoms with Gasteiger partial charge in [0.05, 0.1) is 0 Å². The van der Waals surface area contributed by atoms with Crippen LogP contribution in [0.5, 0.6) is 5.75 Å². The fourth-order valence-electron chi connectivity index (χ4n) is 2.14. The second-order valence-electron chi connectivity index (χ2n) is 4.95. The second kappa shape index (κ2) is 6.70. The zero-order chi connectivity index (χ0) is 16.1. The standard InChI is InChI=1S/C18H16N2O3/c19-18(20-21)17-11-10-16(23-17)14-6-8-15(9-7-14)22-12-13-4-2-1-3-5-13/h1-11,21H,12H2,(H2,19,20). The predicted octanol–water partition coefficient (Wildman–Crippen LogP) is 3.62. The molecule has 5 nitrogen and oxygen atoms in total. The SMILES string of the molecule is NC(=NO)c1ccc(-c2ccc(OCc3ccccc3)cc2)o1. The molecule has 0 bridgehead atoms. The van der Waals surface area contributed by atoms with E-state index in [-0.39, 0.29) is 5.84 Å². The first-order chi connectivity index (χ1) is 11.3. The van der Waals surface area contributed by atoms with Gasteiger partial charge in [-0.05, 0) is 42.0 Å². The smallest absolute Gasteiger partial charge is 0.205 e. The first-order valence-corrected chi connectivity index (χ1v) is 7.11. The Morgan fingerprint density at radius 1 is 1.00 bits per heavy atom. The van der Waals surface area contributed by atoms with Crippen molar-refractivity contribution >= 4 is 5.84 Å². The van der Waals surface area contributed by atoms with Crippen LogP contribution in [0.2, 0.25) is 0 Å². The van der Waals surface area contributed by atoms with E-state index in [2.05, 4.69) is 5.16 Å². The zero-order valence-electron chi connectivity index (χ0n) is 12.3. The van der Waals surface area contributed by atoms with Gasteiger partial charge in [-0.2, -0.15) is 0 Å². The van der Waals surface area contributed by atoms with Crippen LogP contribution in [0.4, 0.5) is 0 Å². The average molecular weight is 308 g/mol. The van der Waals surface area contributed by atoms with E-state index < -0.39 is 0 Å². The first-order valence-electron chi connectivity index (χ1n) is 7.11. The molecule has 0 aliphatic carbocycles. The fraction of sp³-hybridized carbons (Fsp3) is 0.0556. The van der Waals surface area contributed by atoms with Crippen molar-refractivity contribution in [2.75, 3.05) is 0 Å². The van der Waals surface area contributed by atoms with Crippen LogP contribution in [-0.4, -0.2) is 11.0 Å². The second-order valence-corrected chi connectivity index (χ2v) is 4.95. The van der Waals surface area contributed by atoms with E-state index in [9.17, 15) is 0 Å². The van der Waals surface area contributed by atoms with Crippen LogP contribution in [0, 0.1) is 0 Å². The zero-order valence-corrected chi connectivity index (χ0v) is 12.3. The Bertz CT molecular complexity index is 793. The lowest BCUT2D eigenvalue weighted by molar-refractivity contribution is 0.306. The topological polar surface area (TPSA) is 81.0 Å². The number of furan rings is 1. The Labute approximate surface area is 133 Å². The van der Waals surface area contributed by atoms with Crippen molar-refractivity contribution < 1.29 is 14.4 Å². The Morgan fingerprint density at radius 3 is 2.43 bits per heavy atom. The lowest BCUT2D eigenvalue weighted by Gasteiger charge is -2.06. The third-order valence-electron chi connectivity index (χ3n) is 3.35. The van der Waals surface area contributed by atoms with Gasteiger partial charge in [0.15, 0.2) is 5.76 Å². The van der Waals surface area contributed by atoms with Gasteiger partial charge in [-0.25, -0.2) is 0 Å². The number of hydrogen-bond donors (Lipinski definition) is 2. The van der Waals surface area contributed by atoms with Crippen molar-refractivity contribution in [1.29, 1.82) is 0 Å². The molecule has 0 radical (unpaired) electrons. The summed E-state index contributed by atoms with van der Waals surface area (Å²) in [5, 5.41) is 11.6. The van der Waals surface area contributed by atoms with Crippen LogP contribution < -0.4 is 10.5 Å². The van der Waals surface area contributed by atoms with Crippen molar-refractivity contribution in [2.24, 2.45) is 10.9 Å². The van der Waals surface area contributed by atoms with Crippen LogP contribution >= 0.6 is 0 Å². The van der Waals surface area contributed by atoms with Gasteiger partial charge in [0, 0.05) is 5.56 Å². The molecule has 0 fully saturated rings. The van der Waals surface area contributed by atoms with Gasteiger partial charge in [-0.1, -0.05) is 35.5 Å². The Hall–Kier alpha value is -3.21. The van der Waals surface area contributed by atoms with Crippen LogP contribution in [0.1, 0.15) is 11.3 Å². The number of oxime groups is 1. The molecule has 0 spiro atoms. The quantitative estimate of drug-likeness (QED) is 0.326. The maximum absolute atomic E-state index is 8.64. The van der Waals surface area contributed by atoms with Gasteiger partial charge in [0.1, 0.15) is 18.1 Å². The lowest BCUT2D eigenvalue weighted by Crippen LogP contribution is -2.11. The molecule has 1 aromatic heterocycles. The normalized spacial score (nSPS) is 11.4. The molecule has 2 aromatic carbocycles. The average Bonchev–Trinajstić information content (AvgIpc) is 3.11. The molecular formula is C18H16N2O3. The van der Waals surface area contributed by atoms with Crippen molar-refractivity contribution in [1.82, 2.24) is 0 Å². The molecule has 23 heavy (non-hydrogen) atoms. The van der Waals surface area contributed by atoms with Crippen LogP contribution in [0.15, 0.2) is 76.3 Å². The summed E-state index contributed by atoms with van der Waals surface area (Å²) >= 11 is 0. The minimum atomic E-state index is -0.0564. The van der Waals surface area contributed by atoms with Gasteiger partial charge in [0.25, 0.3) is 0 Å². The van der Waals surface area contributed by atoms with Gasteiger partial charge >= 0.3 is 0 Å². The molecule has 1 heterocycles. The number of hydrogen-bond acceptors (Lipinski definition) is 4. The predicted molar refractivity (Wildman–Crippen MR) is 87.4 cm³/mol. The molecule has 0 aliphatic heterocycles. The molecule has 3 rings (SSSR count). The summed E-state index contributed by atoms with van der Waals surface area (Å²) < 4.78 is 11.3. The molecule has 0 saturated carbocycles. The summed E-state index contributed by atoms with van der Waals surface area (Å²) in [6.07, 6.45) is 0. The summed E-state index contributed by atoms with van der Waals surface area (Å²) in [6, 6.07) is 21.0. The molecule has 3 N–H and O–H groups in total. The Kier molecular flexibility index (Phi) is 4.29. The number of nitrogens with zero attached hydrogens (tertiary/aromatic N) is 1. The highest BCUT2D eigenvalue weighted by Gasteiger charge is 2.08. The minimum absolute atomic E-state index is 0.0564. The summed E-state index contributed by atoms with van der Waals surface area (Å²) in [7, 11) is 0. The van der Waals surface area contributed by atoms with Gasteiger partial charge in [-0.3, -0.25) is 0 Å². The lowest BCUT2D eigenvalue weighted by atomic mass is 10.2. The molecule has 116 valence electrons. The minimum Gasteiger partial charge on any atom is -0.489 e. The van der Waals surface area contributed by atoms with E-state index in [1.165, 1.54) is 0 Å². The van der Waals surface area contributed by atoms with E-state index in [0.29, 0.717) is 18.1 Å². The summed E-state index contributed by atoms with van der Waals surface area (Å²) in [6.45, 7) is 0.522. The fourth-order valence-corrected chi connectivity index (χ4v) is 2.14. The van der Waals surface area contributed by atoms with Crippen molar-refractivity contribution in [3.8, 4) is 17.1 Å². The van der Waals surface area contributed by atoms with Gasteiger partial charge in [0.2, 0.25) is 5.84 Å². The Morgan fingerprint density at radius 2 is 1.74 bits per heavy atom.